The molecule has 1 heteroatoms. The normalized spacial score (nSPS) is 18.8. The maximum absolute atomic E-state index is 3.55. The van der Waals surface area contributed by atoms with Crippen LogP contribution in [0.2, 0.25) is 0 Å². The van der Waals surface area contributed by atoms with Gasteiger partial charge in [-0.1, -0.05) is 56.7 Å². The van der Waals surface area contributed by atoms with Gasteiger partial charge in [-0.05, 0) is 56.3 Å². The molecule has 0 heterocycles. The van der Waals surface area contributed by atoms with E-state index in [9.17, 15) is 0 Å². The molecule has 0 amide bonds. The van der Waals surface area contributed by atoms with E-state index in [1.807, 2.05) is 0 Å². The Kier molecular flexibility index (Phi) is 6.09. The highest BCUT2D eigenvalue weighted by Crippen LogP contribution is 2.27. The van der Waals surface area contributed by atoms with Crippen molar-refractivity contribution in [3.63, 3.8) is 0 Å². The lowest BCUT2D eigenvalue weighted by Crippen LogP contribution is -2.30. The van der Waals surface area contributed by atoms with Gasteiger partial charge < -0.3 is 5.32 Å². The first-order valence-corrected chi connectivity index (χ1v) is 8.42. The second kappa shape index (κ2) is 7.83. The molecule has 0 aromatic heterocycles. The van der Waals surface area contributed by atoms with E-state index in [1.165, 1.54) is 68.1 Å². The van der Waals surface area contributed by atoms with Crippen molar-refractivity contribution >= 4 is 0 Å². The van der Waals surface area contributed by atoms with Crippen molar-refractivity contribution in [2.45, 2.75) is 71.3 Å². The summed E-state index contributed by atoms with van der Waals surface area (Å²) >= 11 is 0. The van der Waals surface area contributed by atoms with Crippen LogP contribution in [0.3, 0.4) is 0 Å². The van der Waals surface area contributed by atoms with Crippen LogP contribution in [-0.4, -0.2) is 13.1 Å². The Morgan fingerprint density at radius 1 is 1.05 bits per heavy atom. The fraction of sp³-hybridized carbons (Fsp3) is 0.684. The molecule has 1 unspecified atom stereocenters. The lowest BCUT2D eigenvalue weighted by atomic mass is 9.89. The number of rotatable bonds is 5. The highest BCUT2D eigenvalue weighted by atomic mass is 14.9. The minimum absolute atomic E-state index is 0.639. The number of hydrogen-bond donors (Lipinski definition) is 1. The van der Waals surface area contributed by atoms with Gasteiger partial charge in [-0.25, -0.2) is 0 Å². The molecule has 1 aromatic rings. The average Bonchev–Trinajstić information content (AvgIpc) is 2.71. The Balaban J connectivity index is 1.92. The zero-order valence-electron chi connectivity index (χ0n) is 13.5. The van der Waals surface area contributed by atoms with E-state index in [2.05, 4.69) is 44.4 Å². The fourth-order valence-electron chi connectivity index (χ4n) is 3.52. The van der Waals surface area contributed by atoms with Crippen LogP contribution in [0.1, 0.15) is 61.6 Å². The lowest BCUT2D eigenvalue weighted by Gasteiger charge is -2.22. The summed E-state index contributed by atoms with van der Waals surface area (Å²) in [5.74, 6) is 0.946. The highest BCUT2D eigenvalue weighted by molar-refractivity contribution is 5.30. The van der Waals surface area contributed by atoms with E-state index < -0.39 is 0 Å². The second-order valence-corrected chi connectivity index (χ2v) is 6.70. The first-order chi connectivity index (χ1) is 9.69. The van der Waals surface area contributed by atoms with E-state index in [0.29, 0.717) is 6.04 Å². The molecule has 0 saturated heterocycles. The summed E-state index contributed by atoms with van der Waals surface area (Å²) in [6.07, 6.45) is 11.2. The summed E-state index contributed by atoms with van der Waals surface area (Å²) in [6, 6.07) is 7.58. The molecule has 112 valence electrons. The van der Waals surface area contributed by atoms with Crippen molar-refractivity contribution in [1.29, 1.82) is 0 Å². The lowest BCUT2D eigenvalue weighted by molar-refractivity contribution is 0.361. The van der Waals surface area contributed by atoms with Gasteiger partial charge >= 0.3 is 0 Å². The average molecular weight is 273 g/mol. The zero-order chi connectivity index (χ0) is 14.4. The zero-order valence-corrected chi connectivity index (χ0v) is 13.5. The predicted octanol–water partition coefficient (Wildman–Crippen LogP) is 4.79. The minimum atomic E-state index is 0.639. The van der Waals surface area contributed by atoms with Crippen molar-refractivity contribution in [2.24, 2.45) is 5.92 Å². The van der Waals surface area contributed by atoms with Gasteiger partial charge in [0.15, 0.2) is 0 Å². The summed E-state index contributed by atoms with van der Waals surface area (Å²) in [5, 5.41) is 3.55. The van der Waals surface area contributed by atoms with Crippen molar-refractivity contribution < 1.29 is 0 Å². The molecule has 1 saturated carbocycles. The van der Waals surface area contributed by atoms with Crippen LogP contribution >= 0.6 is 0 Å². The summed E-state index contributed by atoms with van der Waals surface area (Å²) in [4.78, 5) is 0. The summed E-state index contributed by atoms with van der Waals surface area (Å²) < 4.78 is 0. The maximum atomic E-state index is 3.55. The Hall–Kier alpha value is -0.820. The highest BCUT2D eigenvalue weighted by Gasteiger charge is 2.17. The summed E-state index contributed by atoms with van der Waals surface area (Å²) in [7, 11) is 2.13. The predicted molar refractivity (Wildman–Crippen MR) is 88.3 cm³/mol. The summed E-state index contributed by atoms with van der Waals surface area (Å²) in [6.45, 7) is 4.42. The van der Waals surface area contributed by atoms with Crippen LogP contribution in [0.4, 0.5) is 0 Å². The number of benzene rings is 1. The first kappa shape index (κ1) is 15.6. The Labute approximate surface area is 125 Å². The Morgan fingerprint density at radius 3 is 2.35 bits per heavy atom. The van der Waals surface area contributed by atoms with Gasteiger partial charge in [0, 0.05) is 6.04 Å². The molecule has 1 fully saturated rings. The molecular weight excluding hydrogens is 242 g/mol. The van der Waals surface area contributed by atoms with Gasteiger partial charge in [-0.3, -0.25) is 0 Å². The van der Waals surface area contributed by atoms with Gasteiger partial charge in [-0.15, -0.1) is 0 Å². The van der Waals surface area contributed by atoms with Crippen LogP contribution in [0, 0.1) is 19.8 Å². The van der Waals surface area contributed by atoms with Crippen LogP contribution < -0.4 is 5.32 Å². The number of hydrogen-bond acceptors (Lipinski definition) is 1. The van der Waals surface area contributed by atoms with Crippen molar-refractivity contribution in [3.05, 3.63) is 34.9 Å². The van der Waals surface area contributed by atoms with Crippen LogP contribution in [0.15, 0.2) is 18.2 Å². The monoisotopic (exact) mass is 273 g/mol. The van der Waals surface area contributed by atoms with E-state index >= 15 is 0 Å². The molecule has 0 aliphatic heterocycles. The molecule has 1 N–H and O–H groups in total. The number of aryl methyl sites for hydroxylation is 2. The second-order valence-electron chi connectivity index (χ2n) is 6.70. The van der Waals surface area contributed by atoms with Crippen molar-refractivity contribution in [2.75, 3.05) is 7.05 Å². The van der Waals surface area contributed by atoms with Gasteiger partial charge in [0.1, 0.15) is 0 Å². The standard InChI is InChI=1S/C19H31N/c1-15-10-11-18(12-16(15)2)14-19(20-3)13-17-8-6-4-5-7-9-17/h10-12,17,19-20H,4-9,13-14H2,1-3H3. The molecular formula is C19H31N. The smallest absolute Gasteiger partial charge is 0.0107 e. The van der Waals surface area contributed by atoms with Crippen LogP contribution in [-0.2, 0) is 6.42 Å². The molecule has 1 aromatic carbocycles. The topological polar surface area (TPSA) is 12.0 Å². The largest absolute Gasteiger partial charge is 0.317 e. The SMILES string of the molecule is CNC(Cc1ccc(C)c(C)c1)CC1CCCCCC1. The molecule has 1 aliphatic rings. The minimum Gasteiger partial charge on any atom is -0.317 e. The molecule has 1 aliphatic carbocycles. The molecule has 0 spiro atoms. The number of likely N-dealkylation sites (N-methyl/N-ethyl adjacent to an activating group) is 1. The first-order valence-electron chi connectivity index (χ1n) is 8.42. The molecule has 20 heavy (non-hydrogen) atoms. The van der Waals surface area contributed by atoms with E-state index in [0.717, 1.165) is 5.92 Å². The Morgan fingerprint density at radius 2 is 1.75 bits per heavy atom. The van der Waals surface area contributed by atoms with E-state index in [4.69, 9.17) is 0 Å². The Bertz CT molecular complexity index is 402. The van der Waals surface area contributed by atoms with Crippen molar-refractivity contribution in [1.82, 2.24) is 5.32 Å². The van der Waals surface area contributed by atoms with Crippen LogP contribution in [0.25, 0.3) is 0 Å². The fourth-order valence-corrected chi connectivity index (χ4v) is 3.52. The summed E-state index contributed by atoms with van der Waals surface area (Å²) in [5.41, 5.74) is 4.31. The van der Waals surface area contributed by atoms with Gasteiger partial charge in [0.25, 0.3) is 0 Å². The van der Waals surface area contributed by atoms with Gasteiger partial charge in [-0.2, -0.15) is 0 Å². The molecule has 2 rings (SSSR count). The molecule has 1 atom stereocenters. The number of nitrogens with one attached hydrogen (secondary N) is 1. The van der Waals surface area contributed by atoms with Crippen LogP contribution in [0.5, 0.6) is 0 Å². The third-order valence-corrected chi connectivity index (χ3v) is 5.05. The van der Waals surface area contributed by atoms with Gasteiger partial charge in [0.05, 0.1) is 0 Å². The molecule has 0 radical (unpaired) electrons. The molecule has 0 bridgehead atoms. The van der Waals surface area contributed by atoms with Gasteiger partial charge in [0.2, 0.25) is 0 Å². The van der Waals surface area contributed by atoms with E-state index in [-0.39, 0.29) is 0 Å². The van der Waals surface area contributed by atoms with Crippen molar-refractivity contribution in [3.8, 4) is 0 Å². The third-order valence-electron chi connectivity index (χ3n) is 5.05. The maximum Gasteiger partial charge on any atom is 0.0107 e. The quantitative estimate of drug-likeness (QED) is 0.760. The molecule has 1 nitrogen and oxygen atoms in total. The van der Waals surface area contributed by atoms with E-state index in [1.54, 1.807) is 0 Å². The third kappa shape index (κ3) is 4.63.